The number of likely N-dealkylation sites (tertiary alicyclic amines) is 1. The van der Waals surface area contributed by atoms with E-state index in [1.54, 1.807) is 36.6 Å². The van der Waals surface area contributed by atoms with Crippen molar-refractivity contribution < 1.29 is 38.6 Å². The fourth-order valence-corrected chi connectivity index (χ4v) is 11.2. The van der Waals surface area contributed by atoms with Crippen LogP contribution >= 0.6 is 23.1 Å². The number of likely N-dealkylation sites (N-methyl/N-ethyl adjacent to an activating group) is 1. The van der Waals surface area contributed by atoms with E-state index >= 15 is 4.79 Å². The highest BCUT2D eigenvalue weighted by atomic mass is 32.2. The molecular formula is C54H81N4O7S2+. The van der Waals surface area contributed by atoms with Gasteiger partial charge in [-0.05, 0) is 86.6 Å². The maximum absolute atomic E-state index is 15.2. The number of ether oxygens (including phenoxy) is 1. The second-order valence-electron chi connectivity index (χ2n) is 20.4. The number of Topliss-reactive ketones (excluding diaryl/α,β-unsaturated/α-hetero) is 1. The van der Waals surface area contributed by atoms with Gasteiger partial charge in [-0.15, -0.1) is 23.1 Å². The fourth-order valence-electron chi connectivity index (χ4n) is 9.33. The summed E-state index contributed by atoms with van der Waals surface area (Å²) in [6.07, 6.45) is 9.25. The summed E-state index contributed by atoms with van der Waals surface area (Å²) in [5.74, 6) is -2.12. The first-order valence-electron chi connectivity index (χ1n) is 24.7. The molecule has 3 aromatic rings. The number of carbonyl (C=O) groups is 4. The van der Waals surface area contributed by atoms with Crippen LogP contribution in [0.4, 0.5) is 0 Å². The number of nitrogens with zero attached hydrogens (tertiary/aromatic N) is 3. The van der Waals surface area contributed by atoms with E-state index in [0.717, 1.165) is 44.3 Å². The van der Waals surface area contributed by atoms with Gasteiger partial charge >= 0.3 is 5.97 Å². The number of phenolic OH excluding ortho intramolecular Hbond substituents is 1. The molecule has 2 amide bonds. The lowest BCUT2D eigenvalue weighted by Gasteiger charge is -2.45. The van der Waals surface area contributed by atoms with E-state index in [2.05, 4.69) is 91.2 Å². The van der Waals surface area contributed by atoms with Crippen LogP contribution in [0.25, 0.3) is 0 Å². The van der Waals surface area contributed by atoms with Crippen molar-refractivity contribution in [2.75, 3.05) is 26.7 Å². The van der Waals surface area contributed by atoms with Gasteiger partial charge in [-0.3, -0.25) is 19.2 Å². The number of carboxylic acid groups (broad SMARTS) is 1. The maximum atomic E-state index is 15.2. The fraction of sp³-hybridized carbons (Fsp3) is 0.611. The zero-order valence-corrected chi connectivity index (χ0v) is 43.9. The third kappa shape index (κ3) is 16.9. The summed E-state index contributed by atoms with van der Waals surface area (Å²) in [5, 5.41) is 25.3. The average molecular weight is 962 g/mol. The minimum Gasteiger partial charge on any atom is -0.508 e. The Labute approximate surface area is 410 Å². The van der Waals surface area contributed by atoms with Crippen LogP contribution < -0.4 is 5.32 Å². The molecule has 11 nitrogen and oxygen atoms in total. The number of aromatic hydroxyl groups is 1. The number of piperidine rings is 1. The van der Waals surface area contributed by atoms with Crippen molar-refractivity contribution >= 4 is 46.7 Å². The Morgan fingerprint density at radius 3 is 2.24 bits per heavy atom. The molecule has 0 spiro atoms. The van der Waals surface area contributed by atoms with Crippen molar-refractivity contribution in [3.8, 4) is 5.75 Å². The van der Waals surface area contributed by atoms with Gasteiger partial charge in [0, 0.05) is 59.0 Å². The Balaban J connectivity index is 1.59. The molecule has 2 heterocycles. The lowest BCUT2D eigenvalue weighted by atomic mass is 9.86. The van der Waals surface area contributed by atoms with Crippen LogP contribution in [-0.2, 0) is 32.1 Å². The summed E-state index contributed by atoms with van der Waals surface area (Å²) in [5.41, 5.74) is 2.42. The van der Waals surface area contributed by atoms with Crippen LogP contribution in [0.3, 0.4) is 0 Å². The van der Waals surface area contributed by atoms with Crippen LogP contribution in [0, 0.1) is 23.7 Å². The molecule has 4 rings (SSSR count). The van der Waals surface area contributed by atoms with Crippen LogP contribution in [0.2, 0.25) is 0 Å². The molecule has 1 saturated heterocycles. The number of carbonyl (C=O) groups excluding carboxylic acids is 3. The van der Waals surface area contributed by atoms with E-state index in [0.29, 0.717) is 54.0 Å². The molecule has 2 aromatic carbocycles. The minimum atomic E-state index is -0.913. The van der Waals surface area contributed by atoms with Gasteiger partial charge in [0.25, 0.3) is 5.91 Å². The van der Waals surface area contributed by atoms with E-state index in [-0.39, 0.29) is 64.4 Å². The molecule has 0 saturated carbocycles. The van der Waals surface area contributed by atoms with Gasteiger partial charge in [-0.2, -0.15) is 0 Å². The van der Waals surface area contributed by atoms with E-state index in [9.17, 15) is 24.6 Å². The molecule has 13 heteroatoms. The number of ketones is 1. The summed E-state index contributed by atoms with van der Waals surface area (Å²) in [6.45, 7) is 23.0. The monoisotopic (exact) mass is 962 g/mol. The number of amides is 2. The van der Waals surface area contributed by atoms with Gasteiger partial charge in [0.15, 0.2) is 11.8 Å². The SMILES string of the molecule is CC/C=C/CN(C(=O)[C@@H](NC(=O)[C@H]1CCCC[N+]1(C)Cc1ccc(SC(C)(C)C)cc1)C(C)CC)[C@H](C[C@@H](OCC)c1nc(C(=O)C[C@@H](Cc2ccc(O)cc2)C[C@H](C)C(=O)O)cs1)C(C)C. The number of carboxylic acids is 1. The van der Waals surface area contributed by atoms with Crippen molar-refractivity contribution in [3.05, 3.63) is 87.9 Å². The molecular weight excluding hydrogens is 881 g/mol. The summed E-state index contributed by atoms with van der Waals surface area (Å²) in [7, 11) is 2.19. The largest absolute Gasteiger partial charge is 0.508 e. The number of benzene rings is 2. The van der Waals surface area contributed by atoms with Crippen LogP contribution in [0.1, 0.15) is 153 Å². The Morgan fingerprint density at radius 1 is 0.970 bits per heavy atom. The van der Waals surface area contributed by atoms with Gasteiger partial charge in [0.1, 0.15) is 35.1 Å². The number of quaternary nitrogens is 1. The number of aliphatic carboxylic acids is 1. The number of rotatable bonds is 26. The first-order chi connectivity index (χ1) is 31.7. The van der Waals surface area contributed by atoms with Crippen LogP contribution in [0.5, 0.6) is 5.75 Å². The molecule has 1 aliphatic rings. The first-order valence-corrected chi connectivity index (χ1v) is 26.4. The zero-order chi connectivity index (χ0) is 49.5. The number of allylic oxidation sites excluding steroid dienone is 1. The highest BCUT2D eigenvalue weighted by molar-refractivity contribution is 8.00. The lowest BCUT2D eigenvalue weighted by Crippen LogP contribution is -2.63. The van der Waals surface area contributed by atoms with Crippen molar-refractivity contribution in [2.45, 2.75) is 167 Å². The zero-order valence-electron chi connectivity index (χ0n) is 42.3. The number of hydrogen-bond donors (Lipinski definition) is 3. The van der Waals surface area contributed by atoms with Gasteiger partial charge in [-0.25, -0.2) is 4.98 Å². The number of aromatic nitrogens is 1. The molecule has 67 heavy (non-hydrogen) atoms. The molecule has 0 aliphatic carbocycles. The predicted molar refractivity (Wildman–Crippen MR) is 272 cm³/mol. The number of thiazole rings is 1. The number of hydrogen-bond acceptors (Lipinski definition) is 9. The Morgan fingerprint density at radius 2 is 1.64 bits per heavy atom. The summed E-state index contributed by atoms with van der Waals surface area (Å²) in [6, 6.07) is 14.2. The molecule has 3 N–H and O–H groups in total. The molecule has 0 bridgehead atoms. The van der Waals surface area contributed by atoms with Crippen molar-refractivity contribution in [3.63, 3.8) is 0 Å². The normalized spacial score (nSPS) is 19.4. The number of nitrogens with one attached hydrogen (secondary N) is 1. The Kier molecular flexibility index (Phi) is 21.6. The summed E-state index contributed by atoms with van der Waals surface area (Å²) in [4.78, 5) is 63.7. The molecule has 0 radical (unpaired) electrons. The van der Waals surface area contributed by atoms with Gasteiger partial charge < -0.3 is 29.6 Å². The quantitative estimate of drug-likeness (QED) is 0.0310. The smallest absolute Gasteiger partial charge is 0.306 e. The molecule has 1 fully saturated rings. The van der Waals surface area contributed by atoms with E-state index in [1.165, 1.54) is 21.8 Å². The Hall–Kier alpha value is -4.04. The van der Waals surface area contributed by atoms with E-state index in [4.69, 9.17) is 9.72 Å². The highest BCUT2D eigenvalue weighted by Gasteiger charge is 2.44. The average Bonchev–Trinajstić information content (AvgIpc) is 3.77. The van der Waals surface area contributed by atoms with Crippen molar-refractivity contribution in [1.82, 2.24) is 15.2 Å². The van der Waals surface area contributed by atoms with E-state index in [1.807, 2.05) is 36.6 Å². The molecule has 8 atom stereocenters. The van der Waals surface area contributed by atoms with Gasteiger partial charge in [-0.1, -0.05) is 105 Å². The minimum absolute atomic E-state index is 0.0136. The van der Waals surface area contributed by atoms with Gasteiger partial charge in [0.05, 0.1) is 19.5 Å². The van der Waals surface area contributed by atoms with Crippen molar-refractivity contribution in [1.29, 1.82) is 0 Å². The number of phenols is 1. The molecule has 1 aromatic heterocycles. The Bertz CT molecular complexity index is 2060. The third-order valence-corrected chi connectivity index (χ3v) is 15.3. The third-order valence-electron chi connectivity index (χ3n) is 13.2. The van der Waals surface area contributed by atoms with Gasteiger partial charge in [0.2, 0.25) is 5.91 Å². The summed E-state index contributed by atoms with van der Waals surface area (Å²) < 4.78 is 7.10. The second-order valence-corrected chi connectivity index (χ2v) is 23.2. The van der Waals surface area contributed by atoms with Crippen LogP contribution in [0.15, 0.2) is 71.0 Å². The molecule has 370 valence electrons. The standard InChI is InChI=1S/C54H80N4O7S2/c1-12-15-17-28-57(52(62)49(37(6)13-2)56-50(61)46-19-16-18-29-58(46,11)34-40-22-26-43(27-23-40)67-54(8,9)10)45(36(4)5)33-48(65-14-3)51-55-44(35-66-51)47(60)32-41(30-38(7)53(63)64)31-39-20-24-42(59)25-21-39/h15,17,20-27,35-38,41,45-46,48-49H,12-14,16,18-19,28-34H2,1-11H3,(H2-,56,59,61,63,64)/p+1/b17-15+/t37?,38-,41+,45+,46+,48+,49-,58?/m0/s1. The number of thioether (sulfide) groups is 1. The first kappa shape index (κ1) is 55.6. The van der Waals surface area contributed by atoms with Crippen LogP contribution in [-0.4, -0.2) is 97.8 Å². The maximum Gasteiger partial charge on any atom is 0.306 e. The predicted octanol–water partition coefficient (Wildman–Crippen LogP) is 11.3. The molecule has 2 unspecified atom stereocenters. The highest BCUT2D eigenvalue weighted by Crippen LogP contribution is 2.35. The van der Waals surface area contributed by atoms with E-state index < -0.39 is 24.0 Å². The topological polar surface area (TPSA) is 146 Å². The lowest BCUT2D eigenvalue weighted by molar-refractivity contribution is -0.942. The summed E-state index contributed by atoms with van der Waals surface area (Å²) >= 11 is 3.20. The molecule has 1 aliphatic heterocycles. The second kappa shape index (κ2) is 26.1. The van der Waals surface area contributed by atoms with Crippen molar-refractivity contribution in [2.24, 2.45) is 23.7 Å².